The predicted molar refractivity (Wildman–Crippen MR) is 139 cm³/mol. The van der Waals surface area contributed by atoms with Gasteiger partial charge in [0.25, 0.3) is 17.7 Å². The van der Waals surface area contributed by atoms with Crippen molar-refractivity contribution in [2.75, 3.05) is 19.6 Å². The van der Waals surface area contributed by atoms with Crippen LogP contribution in [0.1, 0.15) is 55.0 Å². The molecule has 2 heterocycles. The van der Waals surface area contributed by atoms with Crippen LogP contribution in [0.15, 0.2) is 78.9 Å². The van der Waals surface area contributed by atoms with Gasteiger partial charge in [-0.25, -0.2) is 0 Å². The maximum absolute atomic E-state index is 13.2. The molecule has 2 aliphatic rings. The maximum Gasteiger partial charge on any atom is 0.261 e. The third-order valence-corrected chi connectivity index (χ3v) is 7.15. The number of carbonyl (C=O) groups excluding carboxylic acids is 4. The number of benzene rings is 3. The minimum atomic E-state index is -0.362. The van der Waals surface area contributed by atoms with Gasteiger partial charge in [0.05, 0.1) is 11.1 Å². The molecule has 188 valence electrons. The summed E-state index contributed by atoms with van der Waals surface area (Å²) in [5.41, 5.74) is 3.10. The summed E-state index contributed by atoms with van der Waals surface area (Å²) in [6.07, 6.45) is 1.75. The lowest BCUT2D eigenvalue weighted by Crippen LogP contribution is -2.43. The maximum atomic E-state index is 13.2. The third-order valence-electron chi connectivity index (χ3n) is 7.15. The molecule has 0 spiro atoms. The van der Waals surface area contributed by atoms with E-state index in [0.717, 1.165) is 11.1 Å². The second kappa shape index (κ2) is 10.8. The number of hydrogen-bond donors (Lipinski definition) is 1. The SMILES string of the molecule is O=C(NCc1ccccc1)C1CCN(C(=O)c2ccc3c(c2)C(=O)N(CCc2ccccc2)C3=O)CC1. The number of nitrogens with one attached hydrogen (secondary N) is 1. The molecule has 1 fully saturated rings. The molecule has 37 heavy (non-hydrogen) atoms. The van der Waals surface area contributed by atoms with Gasteiger partial charge >= 0.3 is 0 Å². The van der Waals surface area contributed by atoms with E-state index in [9.17, 15) is 19.2 Å². The molecule has 1 saturated heterocycles. The van der Waals surface area contributed by atoms with Gasteiger partial charge < -0.3 is 10.2 Å². The van der Waals surface area contributed by atoms with Crippen molar-refractivity contribution in [3.8, 4) is 0 Å². The number of piperidine rings is 1. The highest BCUT2D eigenvalue weighted by molar-refractivity contribution is 6.22. The van der Waals surface area contributed by atoms with Crippen molar-refractivity contribution in [3.63, 3.8) is 0 Å². The molecule has 2 aliphatic heterocycles. The molecule has 0 aromatic heterocycles. The lowest BCUT2D eigenvalue weighted by Gasteiger charge is -2.31. The molecule has 7 heteroatoms. The summed E-state index contributed by atoms with van der Waals surface area (Å²) in [5.74, 6) is -0.996. The Morgan fingerprint density at radius 2 is 1.41 bits per heavy atom. The lowest BCUT2D eigenvalue weighted by molar-refractivity contribution is -0.126. The van der Waals surface area contributed by atoms with Crippen molar-refractivity contribution < 1.29 is 19.2 Å². The number of likely N-dealkylation sites (tertiary alicyclic amines) is 1. The van der Waals surface area contributed by atoms with Crippen LogP contribution >= 0.6 is 0 Å². The zero-order chi connectivity index (χ0) is 25.8. The summed E-state index contributed by atoms with van der Waals surface area (Å²) in [4.78, 5) is 54.6. The van der Waals surface area contributed by atoms with E-state index in [1.54, 1.807) is 23.1 Å². The quantitative estimate of drug-likeness (QED) is 0.507. The normalized spacial score (nSPS) is 15.6. The highest BCUT2D eigenvalue weighted by Crippen LogP contribution is 2.26. The molecular weight excluding hydrogens is 466 g/mol. The predicted octanol–water partition coefficient (Wildman–Crippen LogP) is 3.69. The van der Waals surface area contributed by atoms with E-state index in [1.807, 2.05) is 60.7 Å². The first-order valence-electron chi connectivity index (χ1n) is 12.7. The number of hydrogen-bond acceptors (Lipinski definition) is 4. The van der Waals surface area contributed by atoms with Gasteiger partial charge in [-0.2, -0.15) is 0 Å². The Kier molecular flexibility index (Phi) is 7.12. The summed E-state index contributed by atoms with van der Waals surface area (Å²) >= 11 is 0. The number of imide groups is 1. The molecular formula is C30H29N3O4. The van der Waals surface area contributed by atoms with Crippen LogP contribution < -0.4 is 5.32 Å². The van der Waals surface area contributed by atoms with Crippen molar-refractivity contribution in [3.05, 3.63) is 107 Å². The van der Waals surface area contributed by atoms with Crippen LogP contribution in [-0.2, 0) is 17.8 Å². The molecule has 0 bridgehead atoms. The van der Waals surface area contributed by atoms with Gasteiger partial charge in [0.2, 0.25) is 5.91 Å². The first-order valence-corrected chi connectivity index (χ1v) is 12.7. The summed E-state index contributed by atoms with van der Waals surface area (Å²) in [6, 6.07) is 24.2. The van der Waals surface area contributed by atoms with E-state index in [1.165, 1.54) is 4.90 Å². The monoisotopic (exact) mass is 495 g/mol. The highest BCUT2D eigenvalue weighted by atomic mass is 16.2. The van der Waals surface area contributed by atoms with Gasteiger partial charge in [-0.05, 0) is 48.6 Å². The van der Waals surface area contributed by atoms with Crippen LogP contribution in [0.2, 0.25) is 0 Å². The standard InChI is InChI=1S/C30H29N3O4/c34-27(31-20-22-9-5-2-6-10-22)23-14-16-32(17-15-23)28(35)24-11-12-25-26(19-24)30(37)33(29(25)36)18-13-21-7-3-1-4-8-21/h1-12,19,23H,13-18,20H2,(H,31,34). The summed E-state index contributed by atoms with van der Waals surface area (Å²) in [5, 5.41) is 2.99. The van der Waals surface area contributed by atoms with Crippen LogP contribution in [0.25, 0.3) is 0 Å². The van der Waals surface area contributed by atoms with Gasteiger partial charge in [-0.3, -0.25) is 24.1 Å². The second-order valence-electron chi connectivity index (χ2n) is 9.53. The molecule has 7 nitrogen and oxygen atoms in total. The Bertz CT molecular complexity index is 1320. The smallest absolute Gasteiger partial charge is 0.261 e. The summed E-state index contributed by atoms with van der Waals surface area (Å²) in [6.45, 7) is 1.72. The molecule has 1 N–H and O–H groups in total. The topological polar surface area (TPSA) is 86.8 Å². The van der Waals surface area contributed by atoms with E-state index in [2.05, 4.69) is 5.32 Å². The van der Waals surface area contributed by atoms with Crippen molar-refractivity contribution in [1.82, 2.24) is 15.1 Å². The van der Waals surface area contributed by atoms with Gasteiger partial charge in [0, 0.05) is 37.7 Å². The summed E-state index contributed by atoms with van der Waals surface area (Å²) < 4.78 is 0. The van der Waals surface area contributed by atoms with E-state index in [4.69, 9.17) is 0 Å². The van der Waals surface area contributed by atoms with Gasteiger partial charge in [-0.1, -0.05) is 60.7 Å². The minimum Gasteiger partial charge on any atom is -0.352 e. The van der Waals surface area contributed by atoms with Gasteiger partial charge in [0.15, 0.2) is 0 Å². The van der Waals surface area contributed by atoms with Crippen LogP contribution in [0.5, 0.6) is 0 Å². The molecule has 0 radical (unpaired) electrons. The number of carbonyl (C=O) groups is 4. The number of nitrogens with zero attached hydrogens (tertiary/aromatic N) is 2. The highest BCUT2D eigenvalue weighted by Gasteiger charge is 2.36. The van der Waals surface area contributed by atoms with E-state index in [0.29, 0.717) is 56.6 Å². The molecule has 3 aromatic rings. The number of fused-ring (bicyclic) bond motifs is 1. The third kappa shape index (κ3) is 5.31. The zero-order valence-electron chi connectivity index (χ0n) is 20.6. The van der Waals surface area contributed by atoms with E-state index >= 15 is 0 Å². The molecule has 0 atom stereocenters. The Labute approximate surface area is 216 Å². The Hall–Kier alpha value is -4.26. The zero-order valence-corrected chi connectivity index (χ0v) is 20.6. The first-order chi connectivity index (χ1) is 18.0. The molecule has 5 rings (SSSR count). The van der Waals surface area contributed by atoms with Gasteiger partial charge in [0.1, 0.15) is 0 Å². The van der Waals surface area contributed by atoms with E-state index in [-0.39, 0.29) is 35.1 Å². The van der Waals surface area contributed by atoms with Crippen LogP contribution in [0.4, 0.5) is 0 Å². The van der Waals surface area contributed by atoms with E-state index < -0.39 is 0 Å². The number of amides is 4. The summed E-state index contributed by atoms with van der Waals surface area (Å²) in [7, 11) is 0. The van der Waals surface area contributed by atoms with Crippen LogP contribution in [-0.4, -0.2) is 53.1 Å². The molecule has 3 aromatic carbocycles. The van der Waals surface area contributed by atoms with Gasteiger partial charge in [-0.15, -0.1) is 0 Å². The average molecular weight is 496 g/mol. The van der Waals surface area contributed by atoms with Crippen molar-refractivity contribution in [1.29, 1.82) is 0 Å². The Balaban J connectivity index is 1.17. The fraction of sp³-hybridized carbons (Fsp3) is 0.267. The molecule has 0 saturated carbocycles. The fourth-order valence-corrected chi connectivity index (χ4v) is 4.97. The van der Waals surface area contributed by atoms with Crippen molar-refractivity contribution >= 4 is 23.6 Å². The minimum absolute atomic E-state index is 0.00758. The molecule has 0 unspecified atom stereocenters. The first kappa shape index (κ1) is 24.4. The number of rotatable bonds is 7. The molecule has 0 aliphatic carbocycles. The van der Waals surface area contributed by atoms with Crippen LogP contribution in [0, 0.1) is 5.92 Å². The van der Waals surface area contributed by atoms with Crippen LogP contribution in [0.3, 0.4) is 0 Å². The molecule has 4 amide bonds. The Morgan fingerprint density at radius 1 is 0.784 bits per heavy atom. The lowest BCUT2D eigenvalue weighted by atomic mass is 9.95. The average Bonchev–Trinajstić information content (AvgIpc) is 3.19. The van der Waals surface area contributed by atoms with Crippen molar-refractivity contribution in [2.24, 2.45) is 5.92 Å². The fourth-order valence-electron chi connectivity index (χ4n) is 4.97. The van der Waals surface area contributed by atoms with Crippen molar-refractivity contribution in [2.45, 2.75) is 25.8 Å². The largest absolute Gasteiger partial charge is 0.352 e. The Morgan fingerprint density at radius 3 is 2.08 bits per heavy atom. The second-order valence-corrected chi connectivity index (χ2v) is 9.53.